The van der Waals surface area contributed by atoms with Crippen molar-refractivity contribution in [3.8, 4) is 11.5 Å². The van der Waals surface area contributed by atoms with Crippen LogP contribution in [0.3, 0.4) is 0 Å². The van der Waals surface area contributed by atoms with Crippen molar-refractivity contribution < 1.29 is 19.1 Å². The topological polar surface area (TPSA) is 99.7 Å². The highest BCUT2D eigenvalue weighted by molar-refractivity contribution is 5.79. The van der Waals surface area contributed by atoms with Crippen LogP contribution in [0.2, 0.25) is 0 Å². The summed E-state index contributed by atoms with van der Waals surface area (Å²) < 4.78 is 12.5. The number of primary amides is 1. The molecule has 0 saturated carbocycles. The second kappa shape index (κ2) is 7.30. The van der Waals surface area contributed by atoms with E-state index in [1.165, 1.54) is 0 Å². The van der Waals surface area contributed by atoms with Crippen LogP contribution >= 0.6 is 0 Å². The number of piperidine rings is 1. The van der Waals surface area contributed by atoms with Gasteiger partial charge in [0.05, 0.1) is 6.42 Å². The van der Waals surface area contributed by atoms with Crippen molar-refractivity contribution in [3.05, 3.63) is 42.0 Å². The summed E-state index contributed by atoms with van der Waals surface area (Å²) in [6, 6.07) is 5.60. The number of hydrogen-bond donors (Lipinski definition) is 1. The number of nitrogens with two attached hydrogens (primary N) is 1. The number of rotatable bonds is 5. The average molecular weight is 370 g/mol. The minimum Gasteiger partial charge on any atom is -0.454 e. The van der Waals surface area contributed by atoms with E-state index in [4.69, 9.17) is 15.2 Å². The Morgan fingerprint density at radius 1 is 1.26 bits per heavy atom. The summed E-state index contributed by atoms with van der Waals surface area (Å²) in [4.78, 5) is 30.3. The Balaban J connectivity index is 1.43. The number of carbonyl (C=O) groups is 2. The summed E-state index contributed by atoms with van der Waals surface area (Å²) in [5.74, 6) is 1.99. The van der Waals surface area contributed by atoms with Crippen molar-refractivity contribution in [2.24, 2.45) is 5.73 Å². The van der Waals surface area contributed by atoms with Crippen LogP contribution in [0, 0.1) is 0 Å². The Labute approximate surface area is 156 Å². The van der Waals surface area contributed by atoms with Gasteiger partial charge in [-0.15, -0.1) is 0 Å². The smallest absolute Gasteiger partial charge is 0.237 e. The third-order valence-electron chi connectivity index (χ3n) is 5.01. The van der Waals surface area contributed by atoms with Crippen molar-refractivity contribution in [1.82, 2.24) is 14.5 Å². The van der Waals surface area contributed by atoms with Gasteiger partial charge in [-0.25, -0.2) is 4.98 Å². The number of imidazole rings is 1. The molecule has 4 rings (SSSR count). The molecule has 2 N–H and O–H groups in total. The quantitative estimate of drug-likeness (QED) is 0.848. The molecule has 2 amide bonds. The molecular formula is C19H22N4O4. The fraction of sp³-hybridized carbons (Fsp3) is 0.421. The Morgan fingerprint density at radius 2 is 2.11 bits per heavy atom. The molecule has 2 aliphatic rings. The number of fused-ring (bicyclic) bond motifs is 1. The van der Waals surface area contributed by atoms with E-state index < -0.39 is 5.91 Å². The molecule has 2 aromatic rings. The van der Waals surface area contributed by atoms with Gasteiger partial charge in [-0.1, -0.05) is 6.07 Å². The number of nitrogens with zero attached hydrogens (tertiary/aromatic N) is 3. The Kier molecular flexibility index (Phi) is 4.70. The molecule has 3 heterocycles. The maximum absolute atomic E-state index is 12.8. The fourth-order valence-corrected chi connectivity index (χ4v) is 3.73. The minimum atomic E-state index is -0.402. The summed E-state index contributed by atoms with van der Waals surface area (Å²) >= 11 is 0. The third-order valence-corrected chi connectivity index (χ3v) is 5.01. The number of ether oxygens (including phenoxy) is 2. The van der Waals surface area contributed by atoms with Crippen LogP contribution in [0.4, 0.5) is 0 Å². The molecule has 0 spiro atoms. The van der Waals surface area contributed by atoms with Gasteiger partial charge in [-0.2, -0.15) is 0 Å². The highest BCUT2D eigenvalue weighted by Gasteiger charge is 2.28. The zero-order valence-corrected chi connectivity index (χ0v) is 15.0. The lowest BCUT2D eigenvalue weighted by Crippen LogP contribution is -2.40. The van der Waals surface area contributed by atoms with Crippen LogP contribution in [0.25, 0.3) is 0 Å². The molecule has 1 aromatic carbocycles. The first-order chi connectivity index (χ1) is 13.1. The van der Waals surface area contributed by atoms with E-state index in [9.17, 15) is 9.59 Å². The average Bonchev–Trinajstić information content (AvgIpc) is 3.30. The number of carbonyl (C=O) groups excluding carboxylic acids is 2. The van der Waals surface area contributed by atoms with E-state index in [1.807, 2.05) is 23.1 Å². The number of hydrogen-bond acceptors (Lipinski definition) is 5. The van der Waals surface area contributed by atoms with Crippen LogP contribution in [0.15, 0.2) is 30.6 Å². The van der Waals surface area contributed by atoms with E-state index in [0.717, 1.165) is 30.8 Å². The molecule has 2 aliphatic heterocycles. The standard InChI is InChI=1S/C19H22N4O4/c20-17(24)11-23-7-5-21-19(23)14-2-1-6-22(10-14)18(25)9-13-3-4-15-16(8-13)27-12-26-15/h3-5,7-8,14H,1-2,6,9-12H2,(H2,20,24)/t14-/m0/s1. The van der Waals surface area contributed by atoms with Gasteiger partial charge in [0.2, 0.25) is 18.6 Å². The molecule has 0 unspecified atom stereocenters. The van der Waals surface area contributed by atoms with Crippen LogP contribution < -0.4 is 15.2 Å². The van der Waals surface area contributed by atoms with Crippen LogP contribution in [0.1, 0.15) is 30.1 Å². The first-order valence-corrected chi connectivity index (χ1v) is 9.06. The van der Waals surface area contributed by atoms with E-state index in [1.54, 1.807) is 17.0 Å². The fourth-order valence-electron chi connectivity index (χ4n) is 3.73. The third kappa shape index (κ3) is 3.74. The van der Waals surface area contributed by atoms with Crippen LogP contribution in [-0.4, -0.2) is 46.1 Å². The van der Waals surface area contributed by atoms with Crippen LogP contribution in [0.5, 0.6) is 11.5 Å². The summed E-state index contributed by atoms with van der Waals surface area (Å²) in [6.07, 6.45) is 5.59. The number of amides is 2. The molecule has 142 valence electrons. The van der Waals surface area contributed by atoms with Gasteiger partial charge in [0.25, 0.3) is 0 Å². The largest absolute Gasteiger partial charge is 0.454 e. The lowest BCUT2D eigenvalue weighted by molar-refractivity contribution is -0.131. The van der Waals surface area contributed by atoms with Crippen LogP contribution in [-0.2, 0) is 22.6 Å². The SMILES string of the molecule is NC(=O)Cn1ccnc1[C@H]1CCCN(C(=O)Cc2ccc3c(c2)OCO3)C1. The van der Waals surface area contributed by atoms with Crippen molar-refractivity contribution >= 4 is 11.8 Å². The zero-order chi connectivity index (χ0) is 18.8. The van der Waals surface area contributed by atoms with Crippen molar-refractivity contribution in [2.45, 2.75) is 31.7 Å². The molecule has 27 heavy (non-hydrogen) atoms. The van der Waals surface area contributed by atoms with E-state index in [-0.39, 0.29) is 25.2 Å². The number of likely N-dealkylation sites (tertiary alicyclic amines) is 1. The second-order valence-electron chi connectivity index (χ2n) is 6.92. The summed E-state index contributed by atoms with van der Waals surface area (Å²) in [5.41, 5.74) is 6.22. The zero-order valence-electron chi connectivity index (χ0n) is 15.0. The summed E-state index contributed by atoms with van der Waals surface area (Å²) in [7, 11) is 0. The Hall–Kier alpha value is -3.03. The Bertz CT molecular complexity index is 863. The van der Waals surface area contributed by atoms with Gasteiger partial charge in [0, 0.05) is 31.4 Å². The number of benzene rings is 1. The molecule has 0 radical (unpaired) electrons. The predicted molar refractivity (Wildman–Crippen MR) is 96.2 cm³/mol. The van der Waals surface area contributed by atoms with Gasteiger partial charge in [0.15, 0.2) is 11.5 Å². The number of aromatic nitrogens is 2. The molecule has 1 saturated heterocycles. The monoisotopic (exact) mass is 370 g/mol. The van der Waals surface area contributed by atoms with Gasteiger partial charge in [-0.3, -0.25) is 9.59 Å². The molecule has 1 fully saturated rings. The summed E-state index contributed by atoms with van der Waals surface area (Å²) in [6.45, 7) is 1.66. The second-order valence-corrected chi connectivity index (χ2v) is 6.92. The summed E-state index contributed by atoms with van der Waals surface area (Å²) in [5, 5.41) is 0. The Morgan fingerprint density at radius 3 is 2.96 bits per heavy atom. The minimum absolute atomic E-state index is 0.0755. The van der Waals surface area contributed by atoms with Gasteiger partial charge in [0.1, 0.15) is 12.4 Å². The molecule has 0 aliphatic carbocycles. The van der Waals surface area contributed by atoms with Gasteiger partial charge >= 0.3 is 0 Å². The lowest BCUT2D eigenvalue weighted by atomic mass is 9.96. The van der Waals surface area contributed by atoms with Gasteiger partial charge in [-0.05, 0) is 30.5 Å². The molecule has 8 nitrogen and oxygen atoms in total. The van der Waals surface area contributed by atoms with Crippen molar-refractivity contribution in [2.75, 3.05) is 19.9 Å². The van der Waals surface area contributed by atoms with Crippen molar-refractivity contribution in [1.29, 1.82) is 0 Å². The molecule has 8 heteroatoms. The molecule has 1 atom stereocenters. The highest BCUT2D eigenvalue weighted by atomic mass is 16.7. The molecular weight excluding hydrogens is 348 g/mol. The maximum atomic E-state index is 12.8. The molecule has 0 bridgehead atoms. The first kappa shape index (κ1) is 17.4. The van der Waals surface area contributed by atoms with E-state index >= 15 is 0 Å². The normalized spacial score (nSPS) is 18.5. The molecule has 1 aromatic heterocycles. The predicted octanol–water partition coefficient (Wildman–Crippen LogP) is 1.05. The lowest BCUT2D eigenvalue weighted by Gasteiger charge is -2.32. The maximum Gasteiger partial charge on any atom is 0.237 e. The van der Waals surface area contributed by atoms with Gasteiger partial charge < -0.3 is 24.7 Å². The van der Waals surface area contributed by atoms with E-state index in [0.29, 0.717) is 24.5 Å². The van der Waals surface area contributed by atoms with E-state index in [2.05, 4.69) is 4.98 Å². The first-order valence-electron chi connectivity index (χ1n) is 9.06. The van der Waals surface area contributed by atoms with Crippen molar-refractivity contribution in [3.63, 3.8) is 0 Å². The highest BCUT2D eigenvalue weighted by Crippen LogP contribution is 2.33.